The molecule has 23 heavy (non-hydrogen) atoms. The average molecular weight is 315 g/mol. The molecular formula is C17H21N3O3. The number of piperidine rings is 1. The standard InChI is InChI=1S/C17H21N3O3/c1-17(23)6-9-19(12-15(17)21)16(22)14-5-2-4-13(10-14)11-20-8-3-7-18-20/h2-5,7-8,10,15,21,23H,6,9,11-12H2,1H3/t15-,17-/m0/s1. The van der Waals surface area contributed by atoms with Crippen LogP contribution < -0.4 is 0 Å². The monoisotopic (exact) mass is 315 g/mol. The van der Waals surface area contributed by atoms with Crippen LogP contribution in [0.25, 0.3) is 0 Å². The summed E-state index contributed by atoms with van der Waals surface area (Å²) in [4.78, 5) is 14.2. The second-order valence-electron chi connectivity index (χ2n) is 6.28. The van der Waals surface area contributed by atoms with E-state index >= 15 is 0 Å². The second-order valence-corrected chi connectivity index (χ2v) is 6.28. The van der Waals surface area contributed by atoms with Crippen LogP contribution in [0.5, 0.6) is 0 Å². The number of β-amino-alcohol motifs (C(OH)–C–C–N with tert-alkyl or cyclic N) is 1. The molecule has 0 radical (unpaired) electrons. The third-order valence-corrected chi connectivity index (χ3v) is 4.36. The maximum absolute atomic E-state index is 12.6. The highest BCUT2D eigenvalue weighted by Crippen LogP contribution is 2.23. The van der Waals surface area contributed by atoms with E-state index < -0.39 is 11.7 Å². The Morgan fingerprint density at radius 3 is 2.96 bits per heavy atom. The minimum absolute atomic E-state index is 0.123. The minimum Gasteiger partial charge on any atom is -0.388 e. The summed E-state index contributed by atoms with van der Waals surface area (Å²) < 4.78 is 1.80. The van der Waals surface area contributed by atoms with Crippen molar-refractivity contribution in [2.75, 3.05) is 13.1 Å². The van der Waals surface area contributed by atoms with Crippen molar-refractivity contribution in [2.24, 2.45) is 0 Å². The molecule has 1 aromatic heterocycles. The first-order chi connectivity index (χ1) is 11.0. The topological polar surface area (TPSA) is 78.6 Å². The van der Waals surface area contributed by atoms with Crippen molar-refractivity contribution in [1.29, 1.82) is 0 Å². The number of aromatic nitrogens is 2. The number of amides is 1. The Balaban J connectivity index is 1.73. The Bertz CT molecular complexity index is 682. The summed E-state index contributed by atoms with van der Waals surface area (Å²) in [5.74, 6) is -0.123. The molecule has 1 saturated heterocycles. The SMILES string of the molecule is C[C@]1(O)CCN(C(=O)c2cccc(Cn3cccn3)c2)C[C@@H]1O. The fourth-order valence-corrected chi connectivity index (χ4v) is 2.78. The number of likely N-dealkylation sites (tertiary alicyclic amines) is 1. The van der Waals surface area contributed by atoms with Crippen LogP contribution in [0, 0.1) is 0 Å². The van der Waals surface area contributed by atoms with E-state index in [4.69, 9.17) is 0 Å². The van der Waals surface area contributed by atoms with E-state index in [-0.39, 0.29) is 12.5 Å². The lowest BCUT2D eigenvalue weighted by Gasteiger charge is -2.39. The van der Waals surface area contributed by atoms with Gasteiger partial charge in [-0.15, -0.1) is 0 Å². The van der Waals surface area contributed by atoms with Crippen molar-refractivity contribution in [1.82, 2.24) is 14.7 Å². The highest BCUT2D eigenvalue weighted by molar-refractivity contribution is 5.94. The molecule has 0 unspecified atom stereocenters. The van der Waals surface area contributed by atoms with Gasteiger partial charge in [-0.05, 0) is 37.1 Å². The lowest BCUT2D eigenvalue weighted by molar-refractivity contribution is -0.0999. The fraction of sp³-hybridized carbons (Fsp3) is 0.412. The first-order valence-electron chi connectivity index (χ1n) is 7.72. The molecule has 2 atom stereocenters. The number of hydrogen-bond donors (Lipinski definition) is 2. The Hall–Kier alpha value is -2.18. The van der Waals surface area contributed by atoms with Gasteiger partial charge in [0.1, 0.15) is 0 Å². The molecule has 2 heterocycles. The summed E-state index contributed by atoms with van der Waals surface area (Å²) in [6.07, 6.45) is 3.04. The summed E-state index contributed by atoms with van der Waals surface area (Å²) in [6.45, 7) is 2.79. The van der Waals surface area contributed by atoms with E-state index in [9.17, 15) is 15.0 Å². The van der Waals surface area contributed by atoms with Gasteiger partial charge in [0.15, 0.2) is 0 Å². The van der Waals surface area contributed by atoms with E-state index in [0.29, 0.717) is 25.1 Å². The highest BCUT2D eigenvalue weighted by atomic mass is 16.3. The van der Waals surface area contributed by atoms with E-state index in [1.165, 1.54) is 0 Å². The quantitative estimate of drug-likeness (QED) is 0.882. The predicted molar refractivity (Wildman–Crippen MR) is 84.9 cm³/mol. The molecule has 1 aliphatic heterocycles. The van der Waals surface area contributed by atoms with Crippen LogP contribution in [0.3, 0.4) is 0 Å². The summed E-state index contributed by atoms with van der Waals surface area (Å²) in [6, 6.07) is 9.28. The zero-order valence-corrected chi connectivity index (χ0v) is 13.1. The summed E-state index contributed by atoms with van der Waals surface area (Å²) in [7, 11) is 0. The van der Waals surface area contributed by atoms with Gasteiger partial charge in [-0.1, -0.05) is 12.1 Å². The van der Waals surface area contributed by atoms with Gasteiger partial charge in [0, 0.05) is 31.0 Å². The molecule has 2 N–H and O–H groups in total. The van der Waals surface area contributed by atoms with Gasteiger partial charge in [-0.3, -0.25) is 9.48 Å². The molecule has 3 rings (SSSR count). The van der Waals surface area contributed by atoms with Crippen molar-refractivity contribution >= 4 is 5.91 Å². The van der Waals surface area contributed by atoms with Crippen LogP contribution in [0.15, 0.2) is 42.7 Å². The van der Waals surface area contributed by atoms with Gasteiger partial charge in [0.25, 0.3) is 5.91 Å². The average Bonchev–Trinajstić information content (AvgIpc) is 3.02. The number of carbonyl (C=O) groups is 1. The van der Waals surface area contributed by atoms with Gasteiger partial charge in [0.2, 0.25) is 0 Å². The van der Waals surface area contributed by atoms with Crippen LogP contribution in [-0.2, 0) is 6.54 Å². The molecule has 1 aromatic carbocycles. The second kappa shape index (κ2) is 6.14. The van der Waals surface area contributed by atoms with Gasteiger partial charge < -0.3 is 15.1 Å². The summed E-state index contributed by atoms with van der Waals surface area (Å²) >= 11 is 0. The Morgan fingerprint density at radius 2 is 2.26 bits per heavy atom. The normalized spacial score (nSPS) is 24.7. The summed E-state index contributed by atoms with van der Waals surface area (Å²) in [5.41, 5.74) is 0.450. The highest BCUT2D eigenvalue weighted by Gasteiger charge is 2.38. The number of aliphatic hydroxyl groups is 2. The largest absolute Gasteiger partial charge is 0.388 e. The molecule has 6 heteroatoms. The smallest absolute Gasteiger partial charge is 0.253 e. The molecule has 0 saturated carbocycles. The molecule has 6 nitrogen and oxygen atoms in total. The van der Waals surface area contributed by atoms with Crippen molar-refractivity contribution in [3.05, 3.63) is 53.9 Å². The first kappa shape index (κ1) is 15.7. The van der Waals surface area contributed by atoms with E-state index in [2.05, 4.69) is 5.10 Å². The molecule has 0 bridgehead atoms. The molecule has 1 aliphatic rings. The fourth-order valence-electron chi connectivity index (χ4n) is 2.78. The molecule has 0 spiro atoms. The zero-order chi connectivity index (χ0) is 16.4. The Kier molecular flexibility index (Phi) is 4.19. The van der Waals surface area contributed by atoms with Crippen molar-refractivity contribution in [3.63, 3.8) is 0 Å². The third-order valence-electron chi connectivity index (χ3n) is 4.36. The molecule has 122 valence electrons. The lowest BCUT2D eigenvalue weighted by Crippen LogP contribution is -2.55. The summed E-state index contributed by atoms with van der Waals surface area (Å²) in [5, 5.41) is 24.1. The van der Waals surface area contributed by atoms with Gasteiger partial charge in [-0.2, -0.15) is 5.10 Å². The van der Waals surface area contributed by atoms with Crippen molar-refractivity contribution in [3.8, 4) is 0 Å². The number of aliphatic hydroxyl groups excluding tert-OH is 1. The van der Waals surface area contributed by atoms with Crippen molar-refractivity contribution < 1.29 is 15.0 Å². The number of rotatable bonds is 3. The predicted octanol–water partition coefficient (Wildman–Crippen LogP) is 0.889. The Labute approximate surface area is 135 Å². The number of benzene rings is 1. The van der Waals surface area contributed by atoms with Crippen molar-refractivity contribution in [2.45, 2.75) is 31.6 Å². The van der Waals surface area contributed by atoms with Crippen LogP contribution in [0.1, 0.15) is 29.3 Å². The van der Waals surface area contributed by atoms with Crippen LogP contribution in [-0.4, -0.2) is 55.6 Å². The number of nitrogens with zero attached hydrogens (tertiary/aromatic N) is 3. The molecule has 1 amide bonds. The third kappa shape index (κ3) is 3.43. The van der Waals surface area contributed by atoms with E-state index in [1.54, 1.807) is 28.8 Å². The zero-order valence-electron chi connectivity index (χ0n) is 13.1. The molecular weight excluding hydrogens is 294 g/mol. The van der Waals surface area contributed by atoms with E-state index in [1.807, 2.05) is 30.5 Å². The van der Waals surface area contributed by atoms with Gasteiger partial charge in [0.05, 0.1) is 18.2 Å². The van der Waals surface area contributed by atoms with Crippen LogP contribution >= 0.6 is 0 Å². The first-order valence-corrected chi connectivity index (χ1v) is 7.72. The van der Waals surface area contributed by atoms with Crippen LogP contribution in [0.4, 0.5) is 0 Å². The maximum atomic E-state index is 12.6. The molecule has 1 fully saturated rings. The van der Waals surface area contributed by atoms with Crippen LogP contribution in [0.2, 0.25) is 0 Å². The lowest BCUT2D eigenvalue weighted by atomic mass is 9.90. The molecule has 2 aromatic rings. The van der Waals surface area contributed by atoms with Gasteiger partial charge in [-0.25, -0.2) is 0 Å². The minimum atomic E-state index is -1.13. The number of carbonyl (C=O) groups excluding carboxylic acids is 1. The maximum Gasteiger partial charge on any atom is 0.253 e. The number of hydrogen-bond acceptors (Lipinski definition) is 4. The Morgan fingerprint density at radius 1 is 1.43 bits per heavy atom. The molecule has 0 aliphatic carbocycles. The van der Waals surface area contributed by atoms with Gasteiger partial charge >= 0.3 is 0 Å². The van der Waals surface area contributed by atoms with E-state index in [0.717, 1.165) is 5.56 Å².